The van der Waals surface area contributed by atoms with E-state index in [4.69, 9.17) is 0 Å². The van der Waals surface area contributed by atoms with Gasteiger partial charge >= 0.3 is 0 Å². The molecule has 1 amide bonds. The summed E-state index contributed by atoms with van der Waals surface area (Å²) in [6.45, 7) is 2.66. The van der Waals surface area contributed by atoms with Crippen molar-refractivity contribution in [1.82, 2.24) is 10.3 Å². The van der Waals surface area contributed by atoms with E-state index in [1.54, 1.807) is 34.9 Å². The Hall–Kier alpha value is -1.76. The van der Waals surface area contributed by atoms with Gasteiger partial charge in [0.15, 0.2) is 0 Å². The Bertz CT molecular complexity index is 832. The predicted octanol–water partition coefficient (Wildman–Crippen LogP) is 5.27. The topological polar surface area (TPSA) is 42.0 Å². The fraction of sp³-hybridized carbons (Fsp3) is 0.200. The highest BCUT2D eigenvalue weighted by atomic mass is 32.2. The molecule has 0 fully saturated rings. The molecule has 0 saturated heterocycles. The molecule has 1 N–H and O–H groups in total. The number of rotatable bonds is 8. The highest BCUT2D eigenvalue weighted by Crippen LogP contribution is 2.26. The van der Waals surface area contributed by atoms with Crippen LogP contribution in [0, 0.1) is 6.92 Å². The molecule has 0 atom stereocenters. The maximum absolute atomic E-state index is 12.2. The minimum Gasteiger partial charge on any atom is -0.351 e. The van der Waals surface area contributed by atoms with Crippen LogP contribution in [0.1, 0.15) is 21.6 Å². The third-order valence-electron chi connectivity index (χ3n) is 3.58. The summed E-state index contributed by atoms with van der Waals surface area (Å²) in [6.07, 6.45) is 0. The number of nitrogens with zero attached hydrogens (tertiary/aromatic N) is 1. The van der Waals surface area contributed by atoms with Crippen LogP contribution in [0.4, 0.5) is 0 Å². The third kappa shape index (κ3) is 5.90. The van der Waals surface area contributed by atoms with Gasteiger partial charge in [0.05, 0.1) is 0 Å². The predicted molar refractivity (Wildman–Crippen MR) is 112 cm³/mol. The van der Waals surface area contributed by atoms with E-state index in [0.717, 1.165) is 21.5 Å². The molecular formula is C20H20N2OS3. The molecule has 2 aromatic carbocycles. The first-order chi connectivity index (χ1) is 12.7. The van der Waals surface area contributed by atoms with Crippen molar-refractivity contribution >= 4 is 40.8 Å². The summed E-state index contributed by atoms with van der Waals surface area (Å²) in [6, 6.07) is 18.0. The number of carbonyl (C=O) groups is 1. The van der Waals surface area contributed by atoms with Crippen molar-refractivity contribution in [3.63, 3.8) is 0 Å². The Morgan fingerprint density at radius 3 is 2.54 bits per heavy atom. The second kappa shape index (κ2) is 9.80. The van der Waals surface area contributed by atoms with Gasteiger partial charge in [-0.1, -0.05) is 42.1 Å². The van der Waals surface area contributed by atoms with E-state index >= 15 is 0 Å². The minimum atomic E-state index is -0.0200. The second-order valence-corrected chi connectivity index (χ2v) is 8.91. The summed E-state index contributed by atoms with van der Waals surface area (Å²) in [4.78, 5) is 17.9. The van der Waals surface area contributed by atoms with Gasteiger partial charge in [0.2, 0.25) is 0 Å². The molecule has 134 valence electrons. The van der Waals surface area contributed by atoms with E-state index in [1.165, 1.54) is 10.5 Å². The van der Waals surface area contributed by atoms with E-state index in [1.807, 2.05) is 49.4 Å². The Morgan fingerprint density at radius 2 is 1.85 bits per heavy atom. The molecule has 0 bridgehead atoms. The fourth-order valence-corrected chi connectivity index (χ4v) is 4.84. The van der Waals surface area contributed by atoms with Gasteiger partial charge in [-0.2, -0.15) is 0 Å². The molecule has 0 spiro atoms. The van der Waals surface area contributed by atoms with Gasteiger partial charge in [-0.15, -0.1) is 23.1 Å². The molecule has 0 aliphatic carbocycles. The van der Waals surface area contributed by atoms with Crippen molar-refractivity contribution in [2.24, 2.45) is 0 Å². The first-order valence-electron chi connectivity index (χ1n) is 8.30. The molecule has 3 rings (SSSR count). The van der Waals surface area contributed by atoms with Gasteiger partial charge in [0.25, 0.3) is 5.91 Å². The SMILES string of the molecule is Cc1csc(SCc2ccc(C(=O)NCCSc3ccccc3)cc2)n1. The van der Waals surface area contributed by atoms with Gasteiger partial charge < -0.3 is 5.32 Å². The lowest BCUT2D eigenvalue weighted by Crippen LogP contribution is -2.25. The molecule has 3 nitrogen and oxygen atoms in total. The van der Waals surface area contributed by atoms with Crippen molar-refractivity contribution in [3.05, 3.63) is 76.8 Å². The van der Waals surface area contributed by atoms with Crippen LogP contribution in [-0.4, -0.2) is 23.2 Å². The Kier molecular flexibility index (Phi) is 7.17. The summed E-state index contributed by atoms with van der Waals surface area (Å²) in [5.74, 6) is 1.70. The average Bonchev–Trinajstić information content (AvgIpc) is 3.10. The van der Waals surface area contributed by atoms with Crippen LogP contribution in [0.5, 0.6) is 0 Å². The summed E-state index contributed by atoms with van der Waals surface area (Å²) < 4.78 is 1.08. The molecule has 0 unspecified atom stereocenters. The van der Waals surface area contributed by atoms with Crippen LogP contribution in [0.25, 0.3) is 0 Å². The van der Waals surface area contributed by atoms with Gasteiger partial charge in [0, 0.05) is 39.6 Å². The van der Waals surface area contributed by atoms with Crippen LogP contribution in [0.3, 0.4) is 0 Å². The number of amides is 1. The minimum absolute atomic E-state index is 0.0200. The van der Waals surface area contributed by atoms with Crippen molar-refractivity contribution in [3.8, 4) is 0 Å². The van der Waals surface area contributed by atoms with Crippen LogP contribution >= 0.6 is 34.9 Å². The standard InChI is InChI=1S/C20H20N2OS3/c1-15-13-25-20(22-15)26-14-16-7-9-17(10-8-16)19(23)21-11-12-24-18-5-3-2-4-6-18/h2-10,13H,11-12,14H2,1H3,(H,21,23). The Labute approximate surface area is 166 Å². The lowest BCUT2D eigenvalue weighted by Gasteiger charge is -2.06. The molecule has 1 aromatic heterocycles. The van der Waals surface area contributed by atoms with Crippen LogP contribution < -0.4 is 5.32 Å². The fourth-order valence-electron chi connectivity index (χ4n) is 2.25. The molecule has 0 aliphatic heterocycles. The van der Waals surface area contributed by atoms with Gasteiger partial charge in [-0.05, 0) is 36.8 Å². The van der Waals surface area contributed by atoms with Crippen LogP contribution in [0.15, 0.2) is 69.2 Å². The number of thiazole rings is 1. The lowest BCUT2D eigenvalue weighted by atomic mass is 10.1. The number of benzene rings is 2. The highest BCUT2D eigenvalue weighted by Gasteiger charge is 2.06. The molecule has 1 heterocycles. The maximum Gasteiger partial charge on any atom is 0.251 e. The summed E-state index contributed by atoms with van der Waals surface area (Å²) in [5, 5.41) is 5.04. The average molecular weight is 401 g/mol. The van der Waals surface area contributed by atoms with Crippen LogP contribution in [0.2, 0.25) is 0 Å². The molecule has 0 radical (unpaired) electrons. The summed E-state index contributed by atoms with van der Waals surface area (Å²) in [7, 11) is 0. The highest BCUT2D eigenvalue weighted by molar-refractivity contribution is 8.00. The Balaban J connectivity index is 1.41. The molecule has 26 heavy (non-hydrogen) atoms. The number of hydrogen-bond donors (Lipinski definition) is 1. The first-order valence-corrected chi connectivity index (χ1v) is 11.2. The van der Waals surface area contributed by atoms with E-state index < -0.39 is 0 Å². The number of thioether (sulfide) groups is 2. The molecule has 3 aromatic rings. The number of nitrogens with one attached hydrogen (secondary N) is 1. The molecule has 0 saturated carbocycles. The molecule has 6 heteroatoms. The van der Waals surface area contributed by atoms with Crippen molar-refractivity contribution in [1.29, 1.82) is 0 Å². The smallest absolute Gasteiger partial charge is 0.251 e. The van der Waals surface area contributed by atoms with Crippen molar-refractivity contribution in [2.45, 2.75) is 21.9 Å². The van der Waals surface area contributed by atoms with E-state index in [0.29, 0.717) is 12.1 Å². The zero-order valence-corrected chi connectivity index (χ0v) is 16.9. The molecular weight excluding hydrogens is 380 g/mol. The van der Waals surface area contributed by atoms with E-state index in [9.17, 15) is 4.79 Å². The van der Waals surface area contributed by atoms with Gasteiger partial charge in [-0.25, -0.2) is 4.98 Å². The zero-order valence-electron chi connectivity index (χ0n) is 14.5. The Morgan fingerprint density at radius 1 is 1.08 bits per heavy atom. The number of hydrogen-bond acceptors (Lipinski definition) is 5. The van der Waals surface area contributed by atoms with E-state index in [-0.39, 0.29) is 5.91 Å². The zero-order chi connectivity index (χ0) is 18.2. The number of carbonyl (C=O) groups excluding carboxylic acids is 1. The van der Waals surface area contributed by atoms with Crippen molar-refractivity contribution < 1.29 is 4.79 Å². The third-order valence-corrected chi connectivity index (χ3v) is 6.80. The largest absolute Gasteiger partial charge is 0.351 e. The maximum atomic E-state index is 12.2. The number of aryl methyl sites for hydroxylation is 1. The quantitative estimate of drug-likeness (QED) is 0.413. The van der Waals surface area contributed by atoms with Gasteiger partial charge in [0.1, 0.15) is 4.34 Å². The lowest BCUT2D eigenvalue weighted by molar-refractivity contribution is 0.0956. The number of aromatic nitrogens is 1. The summed E-state index contributed by atoms with van der Waals surface area (Å²) in [5.41, 5.74) is 2.96. The first kappa shape index (κ1) is 19.0. The monoisotopic (exact) mass is 400 g/mol. The van der Waals surface area contributed by atoms with Crippen LogP contribution in [-0.2, 0) is 5.75 Å². The van der Waals surface area contributed by atoms with E-state index in [2.05, 4.69) is 27.8 Å². The second-order valence-electron chi connectivity index (χ2n) is 5.66. The summed E-state index contributed by atoms with van der Waals surface area (Å²) >= 11 is 5.14. The molecule has 0 aliphatic rings. The van der Waals surface area contributed by atoms with Crippen molar-refractivity contribution in [2.75, 3.05) is 12.3 Å². The normalized spacial score (nSPS) is 10.7. The van der Waals surface area contributed by atoms with Gasteiger partial charge in [-0.3, -0.25) is 4.79 Å².